The summed E-state index contributed by atoms with van der Waals surface area (Å²) in [6.45, 7) is 4.92. The summed E-state index contributed by atoms with van der Waals surface area (Å²) in [6, 6.07) is 0. The van der Waals surface area contributed by atoms with Crippen LogP contribution < -0.4 is 10.6 Å². The molecule has 17 heavy (non-hydrogen) atoms. The van der Waals surface area contributed by atoms with Crippen LogP contribution in [0.4, 0.5) is 13.2 Å². The van der Waals surface area contributed by atoms with Crippen LogP contribution in [0.25, 0.3) is 0 Å². The molecule has 0 aromatic heterocycles. The van der Waals surface area contributed by atoms with Gasteiger partial charge in [-0.05, 0) is 13.0 Å². The van der Waals surface area contributed by atoms with E-state index in [9.17, 15) is 18.0 Å². The van der Waals surface area contributed by atoms with Gasteiger partial charge >= 0.3 is 6.18 Å². The topological polar surface area (TPSA) is 44.4 Å². The summed E-state index contributed by atoms with van der Waals surface area (Å²) >= 11 is 0. The van der Waals surface area contributed by atoms with Crippen molar-refractivity contribution in [2.75, 3.05) is 39.3 Å². The lowest BCUT2D eigenvalue weighted by Gasteiger charge is -2.27. The molecule has 1 amide bonds. The summed E-state index contributed by atoms with van der Waals surface area (Å²) in [6.07, 6.45) is -5.12. The third-order valence-electron chi connectivity index (χ3n) is 2.54. The molecule has 0 spiro atoms. The number of nitrogens with one attached hydrogen (secondary N) is 2. The van der Waals surface area contributed by atoms with E-state index in [4.69, 9.17) is 0 Å². The predicted octanol–water partition coefficient (Wildman–Crippen LogP) is 0.350. The van der Waals surface area contributed by atoms with Crippen LogP contribution in [0.5, 0.6) is 0 Å². The van der Waals surface area contributed by atoms with Crippen LogP contribution in [0.1, 0.15) is 12.8 Å². The highest BCUT2D eigenvalue weighted by Gasteiger charge is 2.30. The van der Waals surface area contributed by atoms with Crippen molar-refractivity contribution in [1.29, 1.82) is 0 Å². The smallest absolute Gasteiger partial charge is 0.356 e. The van der Waals surface area contributed by atoms with Gasteiger partial charge in [-0.3, -0.25) is 4.79 Å². The van der Waals surface area contributed by atoms with Crippen LogP contribution in [0.2, 0.25) is 0 Å². The molecule has 1 aliphatic rings. The van der Waals surface area contributed by atoms with Crippen molar-refractivity contribution in [3.63, 3.8) is 0 Å². The van der Waals surface area contributed by atoms with Crippen molar-refractivity contribution in [3.05, 3.63) is 0 Å². The zero-order valence-corrected chi connectivity index (χ0v) is 9.65. The number of halogens is 3. The molecule has 1 aliphatic heterocycles. The number of amides is 1. The quantitative estimate of drug-likeness (QED) is 0.695. The largest absolute Gasteiger partial charge is 0.397 e. The Hall–Kier alpha value is -0.820. The van der Waals surface area contributed by atoms with Crippen LogP contribution >= 0.6 is 0 Å². The second kappa shape index (κ2) is 6.80. The molecule has 0 aromatic carbocycles. The van der Waals surface area contributed by atoms with E-state index < -0.39 is 18.5 Å². The van der Waals surface area contributed by atoms with Crippen LogP contribution in [0.3, 0.4) is 0 Å². The van der Waals surface area contributed by atoms with Crippen LogP contribution in [0.15, 0.2) is 0 Å². The highest BCUT2D eigenvalue weighted by atomic mass is 19.4. The first-order valence-corrected chi connectivity index (χ1v) is 5.74. The van der Waals surface area contributed by atoms with Crippen LogP contribution in [-0.2, 0) is 4.79 Å². The van der Waals surface area contributed by atoms with E-state index in [1.807, 2.05) is 0 Å². The molecule has 0 atom stereocenters. The van der Waals surface area contributed by atoms with E-state index in [1.54, 1.807) is 0 Å². The number of carbonyl (C=O) groups is 1. The Morgan fingerprint density at radius 3 is 2.53 bits per heavy atom. The fourth-order valence-corrected chi connectivity index (χ4v) is 1.71. The maximum absolute atomic E-state index is 11.8. The SMILES string of the molecule is O=C(CC(F)(F)F)NCCCN1CCNCC1. The molecule has 0 aliphatic carbocycles. The summed E-state index contributed by atoms with van der Waals surface area (Å²) in [5.74, 6) is -0.946. The Morgan fingerprint density at radius 2 is 1.94 bits per heavy atom. The lowest BCUT2D eigenvalue weighted by Crippen LogP contribution is -2.44. The molecule has 100 valence electrons. The summed E-state index contributed by atoms with van der Waals surface area (Å²) in [5, 5.41) is 5.49. The Balaban J connectivity index is 2.01. The molecule has 2 N–H and O–H groups in total. The molecule has 0 saturated carbocycles. The zero-order chi connectivity index (χ0) is 12.7. The van der Waals surface area contributed by atoms with E-state index in [-0.39, 0.29) is 0 Å². The standard InChI is InChI=1S/C10H18F3N3O/c11-10(12,13)8-9(17)15-2-1-5-16-6-3-14-4-7-16/h14H,1-8H2,(H,15,17). The van der Waals surface area contributed by atoms with Gasteiger partial charge in [0, 0.05) is 32.7 Å². The van der Waals surface area contributed by atoms with Crippen molar-refractivity contribution >= 4 is 5.91 Å². The third kappa shape index (κ3) is 7.17. The van der Waals surface area contributed by atoms with E-state index >= 15 is 0 Å². The third-order valence-corrected chi connectivity index (χ3v) is 2.54. The van der Waals surface area contributed by atoms with E-state index in [2.05, 4.69) is 15.5 Å². The number of rotatable bonds is 5. The molecule has 1 fully saturated rings. The number of hydrogen-bond donors (Lipinski definition) is 2. The summed E-state index contributed by atoms with van der Waals surface area (Å²) in [5.41, 5.74) is 0. The van der Waals surface area contributed by atoms with Gasteiger partial charge in [0.05, 0.1) is 0 Å². The van der Waals surface area contributed by atoms with E-state index in [0.29, 0.717) is 13.0 Å². The first-order chi connectivity index (χ1) is 7.97. The molecule has 1 saturated heterocycles. The number of hydrogen-bond acceptors (Lipinski definition) is 3. The normalized spacial score (nSPS) is 18.1. The molecule has 7 heteroatoms. The lowest BCUT2D eigenvalue weighted by atomic mass is 10.3. The van der Waals surface area contributed by atoms with Crippen molar-refractivity contribution in [2.45, 2.75) is 19.0 Å². The number of piperazine rings is 1. The van der Waals surface area contributed by atoms with Gasteiger partial charge in [0.25, 0.3) is 0 Å². The molecule has 0 unspecified atom stereocenters. The Kier molecular flexibility index (Phi) is 5.70. The van der Waals surface area contributed by atoms with Crippen molar-refractivity contribution in [1.82, 2.24) is 15.5 Å². The number of alkyl halides is 3. The molecule has 0 radical (unpaired) electrons. The van der Waals surface area contributed by atoms with Gasteiger partial charge in [-0.15, -0.1) is 0 Å². The van der Waals surface area contributed by atoms with Gasteiger partial charge in [0.15, 0.2) is 0 Å². The molecule has 1 heterocycles. The Labute approximate surface area is 98.5 Å². The molecule has 1 rings (SSSR count). The molecular formula is C10H18F3N3O. The molecule has 0 aromatic rings. The van der Waals surface area contributed by atoms with Crippen molar-refractivity contribution < 1.29 is 18.0 Å². The number of nitrogens with zero attached hydrogens (tertiary/aromatic N) is 1. The van der Waals surface area contributed by atoms with Gasteiger partial charge in [-0.25, -0.2) is 0 Å². The minimum atomic E-state index is -4.41. The summed E-state index contributed by atoms with van der Waals surface area (Å²) in [4.78, 5) is 13.1. The fraction of sp³-hybridized carbons (Fsp3) is 0.900. The predicted molar refractivity (Wildman–Crippen MR) is 57.6 cm³/mol. The van der Waals surface area contributed by atoms with Gasteiger partial charge in [-0.2, -0.15) is 13.2 Å². The van der Waals surface area contributed by atoms with Crippen molar-refractivity contribution in [3.8, 4) is 0 Å². The maximum atomic E-state index is 11.8. The first kappa shape index (κ1) is 14.2. The monoisotopic (exact) mass is 253 g/mol. The average molecular weight is 253 g/mol. The Bertz CT molecular complexity index is 239. The van der Waals surface area contributed by atoms with Gasteiger partial charge in [0.2, 0.25) is 5.91 Å². The fourth-order valence-electron chi connectivity index (χ4n) is 1.71. The lowest BCUT2D eigenvalue weighted by molar-refractivity contribution is -0.153. The molecular weight excluding hydrogens is 235 g/mol. The maximum Gasteiger partial charge on any atom is 0.397 e. The first-order valence-electron chi connectivity index (χ1n) is 5.74. The van der Waals surface area contributed by atoms with Crippen LogP contribution in [-0.4, -0.2) is 56.3 Å². The highest BCUT2D eigenvalue weighted by molar-refractivity contribution is 5.76. The van der Waals surface area contributed by atoms with Gasteiger partial charge in [0.1, 0.15) is 6.42 Å². The van der Waals surface area contributed by atoms with Crippen molar-refractivity contribution in [2.24, 2.45) is 0 Å². The van der Waals surface area contributed by atoms with Gasteiger partial charge in [-0.1, -0.05) is 0 Å². The highest BCUT2D eigenvalue weighted by Crippen LogP contribution is 2.18. The number of carbonyl (C=O) groups excluding carboxylic acids is 1. The van der Waals surface area contributed by atoms with Gasteiger partial charge < -0.3 is 15.5 Å². The van der Waals surface area contributed by atoms with E-state index in [1.165, 1.54) is 0 Å². The molecule has 0 bridgehead atoms. The summed E-state index contributed by atoms with van der Waals surface area (Å²) < 4.78 is 35.5. The van der Waals surface area contributed by atoms with Crippen LogP contribution in [0, 0.1) is 0 Å². The second-order valence-corrected chi connectivity index (χ2v) is 4.09. The zero-order valence-electron chi connectivity index (χ0n) is 9.65. The second-order valence-electron chi connectivity index (χ2n) is 4.09. The minimum Gasteiger partial charge on any atom is -0.356 e. The van der Waals surface area contributed by atoms with E-state index in [0.717, 1.165) is 32.7 Å². The molecule has 4 nitrogen and oxygen atoms in total. The Morgan fingerprint density at radius 1 is 1.29 bits per heavy atom. The minimum absolute atomic E-state index is 0.304. The summed E-state index contributed by atoms with van der Waals surface area (Å²) in [7, 11) is 0. The average Bonchev–Trinajstić information content (AvgIpc) is 2.23.